The second-order valence-electron chi connectivity index (χ2n) is 6.07. The van der Waals surface area contributed by atoms with Crippen molar-refractivity contribution in [2.24, 2.45) is 0 Å². The SMILES string of the molecule is Cc1nc(SCC(=O)Nc2ccc(Cl)cc2F)c2c3c(sc2n1)CCC3. The molecule has 1 N–H and O–H groups in total. The number of benzene rings is 1. The summed E-state index contributed by atoms with van der Waals surface area (Å²) in [6.45, 7) is 1.86. The fourth-order valence-corrected chi connectivity index (χ4v) is 5.51. The number of amides is 1. The number of rotatable bonds is 4. The minimum absolute atomic E-state index is 0.125. The molecule has 1 aliphatic rings. The van der Waals surface area contributed by atoms with Crippen molar-refractivity contribution in [3.8, 4) is 0 Å². The Morgan fingerprint density at radius 1 is 1.38 bits per heavy atom. The number of halogens is 2. The molecule has 0 bridgehead atoms. The minimum Gasteiger partial charge on any atom is -0.323 e. The zero-order chi connectivity index (χ0) is 18.3. The molecule has 0 saturated carbocycles. The third kappa shape index (κ3) is 3.43. The molecule has 134 valence electrons. The number of nitrogens with one attached hydrogen (secondary N) is 1. The van der Waals surface area contributed by atoms with Crippen LogP contribution in [0.25, 0.3) is 10.2 Å². The van der Waals surface area contributed by atoms with Gasteiger partial charge in [0, 0.05) is 15.3 Å². The van der Waals surface area contributed by atoms with Gasteiger partial charge in [-0.15, -0.1) is 11.3 Å². The number of carbonyl (C=O) groups is 1. The number of nitrogens with zero attached hydrogens (tertiary/aromatic N) is 2. The number of aromatic nitrogens is 2. The van der Waals surface area contributed by atoms with E-state index in [1.807, 2.05) is 6.92 Å². The lowest BCUT2D eigenvalue weighted by atomic mass is 10.2. The Morgan fingerprint density at radius 2 is 2.23 bits per heavy atom. The van der Waals surface area contributed by atoms with E-state index in [0.717, 1.165) is 34.5 Å². The molecule has 0 fully saturated rings. The van der Waals surface area contributed by atoms with Crippen molar-refractivity contribution in [3.63, 3.8) is 0 Å². The quantitative estimate of drug-likeness (QED) is 0.487. The average Bonchev–Trinajstić information content (AvgIpc) is 3.15. The van der Waals surface area contributed by atoms with E-state index in [1.165, 1.54) is 34.3 Å². The largest absolute Gasteiger partial charge is 0.323 e. The fraction of sp³-hybridized carbons (Fsp3) is 0.278. The Bertz CT molecular complexity index is 1020. The first-order chi connectivity index (χ1) is 12.5. The molecule has 2 aromatic heterocycles. The van der Waals surface area contributed by atoms with Gasteiger partial charge in [-0.2, -0.15) is 0 Å². The van der Waals surface area contributed by atoms with E-state index in [9.17, 15) is 9.18 Å². The Hall–Kier alpha value is -1.70. The van der Waals surface area contributed by atoms with E-state index in [0.29, 0.717) is 10.8 Å². The molecule has 0 spiro atoms. The Balaban J connectivity index is 1.53. The maximum Gasteiger partial charge on any atom is 0.234 e. The first-order valence-corrected chi connectivity index (χ1v) is 10.4. The van der Waals surface area contributed by atoms with E-state index >= 15 is 0 Å². The highest BCUT2D eigenvalue weighted by molar-refractivity contribution is 8.00. The molecule has 26 heavy (non-hydrogen) atoms. The molecule has 2 heterocycles. The molecule has 4 nitrogen and oxygen atoms in total. The molecule has 0 aliphatic heterocycles. The van der Waals surface area contributed by atoms with Gasteiger partial charge in [0.2, 0.25) is 5.91 Å². The molecule has 0 radical (unpaired) electrons. The summed E-state index contributed by atoms with van der Waals surface area (Å²) in [6, 6.07) is 4.18. The molecule has 4 rings (SSSR count). The highest BCUT2D eigenvalue weighted by Gasteiger charge is 2.22. The molecule has 0 saturated heterocycles. The van der Waals surface area contributed by atoms with E-state index in [1.54, 1.807) is 17.4 Å². The summed E-state index contributed by atoms with van der Waals surface area (Å²) < 4.78 is 13.8. The van der Waals surface area contributed by atoms with Gasteiger partial charge >= 0.3 is 0 Å². The van der Waals surface area contributed by atoms with Gasteiger partial charge < -0.3 is 5.32 Å². The summed E-state index contributed by atoms with van der Waals surface area (Å²) in [5.41, 5.74) is 1.46. The van der Waals surface area contributed by atoms with Crippen LogP contribution in [0.3, 0.4) is 0 Å². The first kappa shape index (κ1) is 17.7. The van der Waals surface area contributed by atoms with Gasteiger partial charge in [0.1, 0.15) is 21.5 Å². The number of fused-ring (bicyclic) bond motifs is 3. The van der Waals surface area contributed by atoms with Gasteiger partial charge in [0.25, 0.3) is 0 Å². The summed E-state index contributed by atoms with van der Waals surface area (Å²) in [5, 5.41) is 4.79. The van der Waals surface area contributed by atoms with Crippen LogP contribution in [0.4, 0.5) is 10.1 Å². The van der Waals surface area contributed by atoms with Crippen LogP contribution in [-0.4, -0.2) is 21.6 Å². The van der Waals surface area contributed by atoms with Crippen LogP contribution in [0.15, 0.2) is 23.2 Å². The van der Waals surface area contributed by atoms with Gasteiger partial charge in [-0.1, -0.05) is 23.4 Å². The van der Waals surface area contributed by atoms with Gasteiger partial charge in [-0.05, 0) is 49.9 Å². The fourth-order valence-electron chi connectivity index (χ4n) is 3.08. The monoisotopic (exact) mass is 407 g/mol. The van der Waals surface area contributed by atoms with Gasteiger partial charge in [-0.3, -0.25) is 4.79 Å². The lowest BCUT2D eigenvalue weighted by Gasteiger charge is -2.08. The molecule has 1 aromatic carbocycles. The van der Waals surface area contributed by atoms with E-state index in [4.69, 9.17) is 11.6 Å². The second-order valence-corrected chi connectivity index (χ2v) is 8.56. The van der Waals surface area contributed by atoms with E-state index in [-0.39, 0.29) is 17.3 Å². The van der Waals surface area contributed by atoms with E-state index in [2.05, 4.69) is 15.3 Å². The highest BCUT2D eigenvalue weighted by atomic mass is 35.5. The number of hydrogen-bond donors (Lipinski definition) is 1. The number of carbonyl (C=O) groups excluding carboxylic acids is 1. The third-order valence-corrected chi connectivity index (χ3v) is 6.58. The summed E-state index contributed by atoms with van der Waals surface area (Å²) in [7, 11) is 0. The van der Waals surface area contributed by atoms with Crippen molar-refractivity contribution in [1.29, 1.82) is 0 Å². The average molecular weight is 408 g/mol. The summed E-state index contributed by atoms with van der Waals surface area (Å²) in [6.07, 6.45) is 3.29. The molecule has 8 heteroatoms. The third-order valence-electron chi connectivity index (χ3n) is 4.19. The minimum atomic E-state index is -0.549. The first-order valence-electron chi connectivity index (χ1n) is 8.18. The molecule has 0 unspecified atom stereocenters. The lowest BCUT2D eigenvalue weighted by molar-refractivity contribution is -0.113. The standard InChI is InChI=1S/C18H15ClFN3OS2/c1-9-21-17(16-11-3-2-4-14(11)26-18(16)22-9)25-8-15(24)23-13-6-5-10(19)7-12(13)20/h5-7H,2-4,8H2,1H3,(H,23,24). The molecule has 1 aliphatic carbocycles. The Kier molecular flexibility index (Phi) is 4.86. The van der Waals surface area contributed by atoms with Crippen molar-refractivity contribution in [3.05, 3.63) is 45.3 Å². The van der Waals surface area contributed by atoms with Crippen LogP contribution in [0.5, 0.6) is 0 Å². The van der Waals surface area contributed by atoms with Crippen molar-refractivity contribution < 1.29 is 9.18 Å². The maximum atomic E-state index is 13.8. The molecule has 1 amide bonds. The molecule has 0 atom stereocenters. The van der Waals surface area contributed by atoms with Crippen LogP contribution < -0.4 is 5.32 Å². The number of anilines is 1. The molecule has 3 aromatic rings. The van der Waals surface area contributed by atoms with Crippen molar-refractivity contribution in [1.82, 2.24) is 9.97 Å². The summed E-state index contributed by atoms with van der Waals surface area (Å²) in [5.74, 6) is 0.0153. The van der Waals surface area contributed by atoms with Crippen molar-refractivity contribution >= 4 is 56.5 Å². The smallest absolute Gasteiger partial charge is 0.234 e. The van der Waals surface area contributed by atoms with Gasteiger partial charge in [0.05, 0.1) is 11.4 Å². The van der Waals surface area contributed by atoms with Crippen LogP contribution in [0.1, 0.15) is 22.7 Å². The number of hydrogen-bond acceptors (Lipinski definition) is 5. The second kappa shape index (κ2) is 7.13. The van der Waals surface area contributed by atoms with Gasteiger partial charge in [-0.25, -0.2) is 14.4 Å². The Labute approximate surface area is 163 Å². The van der Waals surface area contributed by atoms with Crippen LogP contribution >= 0.6 is 34.7 Å². The summed E-state index contributed by atoms with van der Waals surface area (Å²) in [4.78, 5) is 23.7. The number of aryl methyl sites for hydroxylation is 3. The topological polar surface area (TPSA) is 54.9 Å². The normalized spacial score (nSPS) is 13.2. The zero-order valence-electron chi connectivity index (χ0n) is 13.9. The van der Waals surface area contributed by atoms with Gasteiger partial charge in [0.15, 0.2) is 0 Å². The van der Waals surface area contributed by atoms with Crippen molar-refractivity contribution in [2.75, 3.05) is 11.1 Å². The van der Waals surface area contributed by atoms with Crippen LogP contribution in [-0.2, 0) is 17.6 Å². The predicted octanol–water partition coefficient (Wildman–Crippen LogP) is 5.01. The van der Waals surface area contributed by atoms with Crippen LogP contribution in [0, 0.1) is 12.7 Å². The van der Waals surface area contributed by atoms with Crippen molar-refractivity contribution in [2.45, 2.75) is 31.2 Å². The predicted molar refractivity (Wildman–Crippen MR) is 105 cm³/mol. The summed E-state index contributed by atoms with van der Waals surface area (Å²) >= 11 is 8.82. The number of thioether (sulfide) groups is 1. The highest BCUT2D eigenvalue weighted by Crippen LogP contribution is 2.40. The van der Waals surface area contributed by atoms with E-state index < -0.39 is 5.82 Å². The molecular formula is C18H15ClFN3OS2. The molecular weight excluding hydrogens is 393 g/mol. The maximum absolute atomic E-state index is 13.8. The zero-order valence-corrected chi connectivity index (χ0v) is 16.3. The van der Waals surface area contributed by atoms with Crippen LogP contribution in [0.2, 0.25) is 5.02 Å². The number of thiophene rings is 1. The lowest BCUT2D eigenvalue weighted by Crippen LogP contribution is -2.15. The Morgan fingerprint density at radius 3 is 3.04 bits per heavy atom.